The average Bonchev–Trinajstić information content (AvgIpc) is 2.15. The normalized spacial score (nSPS) is 11.5. The molecule has 2 aromatic heterocycles. The molecule has 0 saturated carbocycles. The number of hydrogen-bond donors (Lipinski definition) is 0. The summed E-state index contributed by atoms with van der Waals surface area (Å²) >= 11 is 1.61. The molecular formula is C3H2N3PS. The highest BCUT2D eigenvalue weighted by atomic mass is 32.1. The summed E-state index contributed by atoms with van der Waals surface area (Å²) < 4.78 is 5.83. The molecule has 0 N–H and O–H groups in total. The van der Waals surface area contributed by atoms with Crippen molar-refractivity contribution in [1.82, 2.24) is 14.1 Å². The molecule has 2 aromatic rings. The van der Waals surface area contributed by atoms with Crippen LogP contribution in [0.5, 0.6) is 0 Å². The van der Waals surface area contributed by atoms with Gasteiger partial charge in [-0.25, -0.2) is 4.52 Å². The molecule has 0 bridgehead atoms. The second-order valence-electron chi connectivity index (χ2n) is 1.31. The molecule has 0 amide bonds. The Morgan fingerprint density at radius 3 is 3.62 bits per heavy atom. The van der Waals surface area contributed by atoms with Gasteiger partial charge in [-0.1, -0.05) is 0 Å². The maximum atomic E-state index is 4.05. The zero-order chi connectivity index (χ0) is 5.40. The lowest BCUT2D eigenvalue weighted by Crippen LogP contribution is -1.73. The third kappa shape index (κ3) is 0.471. The van der Waals surface area contributed by atoms with Crippen LogP contribution in [-0.2, 0) is 0 Å². The van der Waals surface area contributed by atoms with Gasteiger partial charge in [0, 0.05) is 11.6 Å². The highest BCUT2D eigenvalue weighted by molar-refractivity contribution is 7.23. The van der Waals surface area contributed by atoms with Crippen LogP contribution in [0.25, 0.3) is 4.96 Å². The first-order valence-electron chi connectivity index (χ1n) is 2.08. The van der Waals surface area contributed by atoms with E-state index < -0.39 is 0 Å². The molecular weight excluding hydrogens is 141 g/mol. The van der Waals surface area contributed by atoms with Gasteiger partial charge < -0.3 is 0 Å². The molecule has 40 valence electrons. The third-order valence-corrected chi connectivity index (χ3v) is 2.27. The van der Waals surface area contributed by atoms with Crippen molar-refractivity contribution in [2.75, 3.05) is 0 Å². The van der Waals surface area contributed by atoms with Crippen LogP contribution in [-0.4, -0.2) is 14.1 Å². The third-order valence-electron chi connectivity index (χ3n) is 0.838. The predicted octanol–water partition coefficient (Wildman–Crippen LogP) is 1.37. The van der Waals surface area contributed by atoms with Gasteiger partial charge in [0.2, 0.25) is 4.96 Å². The molecule has 0 saturated heterocycles. The van der Waals surface area contributed by atoms with E-state index in [-0.39, 0.29) is 0 Å². The van der Waals surface area contributed by atoms with E-state index in [0.29, 0.717) is 0 Å². The van der Waals surface area contributed by atoms with E-state index in [0.717, 1.165) is 13.5 Å². The van der Waals surface area contributed by atoms with Crippen LogP contribution >= 0.6 is 19.8 Å². The maximum absolute atomic E-state index is 4.05. The van der Waals surface area contributed by atoms with Crippen molar-refractivity contribution in [2.45, 2.75) is 0 Å². The van der Waals surface area contributed by atoms with Crippen LogP contribution in [0.15, 0.2) is 11.6 Å². The van der Waals surface area contributed by atoms with Crippen LogP contribution in [0.1, 0.15) is 0 Å². The van der Waals surface area contributed by atoms with Crippen LogP contribution in [0.3, 0.4) is 0 Å². The Labute approximate surface area is 51.2 Å². The quantitative estimate of drug-likeness (QED) is 0.557. The summed E-state index contributed by atoms with van der Waals surface area (Å²) in [6, 6.07) is 0. The van der Waals surface area contributed by atoms with Gasteiger partial charge in [-0.3, -0.25) is 0 Å². The Balaban J connectivity index is 3.06. The first kappa shape index (κ1) is 4.41. The first-order valence-corrected chi connectivity index (χ1v) is 3.76. The van der Waals surface area contributed by atoms with Gasteiger partial charge in [-0.15, -0.1) is 16.2 Å². The van der Waals surface area contributed by atoms with Gasteiger partial charge in [-0.2, -0.15) is 4.75 Å². The largest absolute Gasteiger partial charge is 0.216 e. The molecule has 8 heavy (non-hydrogen) atoms. The Bertz CT molecular complexity index is 236. The second-order valence-corrected chi connectivity index (χ2v) is 2.74. The van der Waals surface area contributed by atoms with Crippen LogP contribution in [0.2, 0.25) is 0 Å². The summed E-state index contributed by atoms with van der Waals surface area (Å²) in [5.41, 5.74) is 0. The van der Waals surface area contributed by atoms with E-state index in [1.807, 2.05) is 11.6 Å². The van der Waals surface area contributed by atoms with Gasteiger partial charge in [0.05, 0.1) is 0 Å². The fourth-order valence-electron chi connectivity index (χ4n) is 0.506. The lowest BCUT2D eigenvalue weighted by atomic mass is 11.0. The molecule has 0 aliphatic carbocycles. The SMILES string of the molecule is c1cn2npnc2s1. The summed E-state index contributed by atoms with van der Waals surface area (Å²) in [7, 11) is 0.814. The van der Waals surface area contributed by atoms with Crippen molar-refractivity contribution < 1.29 is 0 Å². The Morgan fingerprint density at radius 2 is 2.75 bits per heavy atom. The predicted molar refractivity (Wildman–Crippen MR) is 33.4 cm³/mol. The minimum atomic E-state index is 0.814. The summed E-state index contributed by atoms with van der Waals surface area (Å²) in [4.78, 5) is 4.98. The fraction of sp³-hybridized carbons (Fsp3) is 0. The van der Waals surface area contributed by atoms with Crippen LogP contribution in [0, 0.1) is 0 Å². The molecule has 0 spiro atoms. The van der Waals surface area contributed by atoms with Crippen LogP contribution in [0.4, 0.5) is 0 Å². The molecule has 0 radical (unpaired) electrons. The standard InChI is InChI=1S/C3H2N3PS/c1-2-8-3-4-7-5-6(1)3/h1-2H. The number of rotatable bonds is 0. The summed E-state index contributed by atoms with van der Waals surface area (Å²) in [5, 5.41) is 1.97. The van der Waals surface area contributed by atoms with Gasteiger partial charge in [0.25, 0.3) is 0 Å². The van der Waals surface area contributed by atoms with E-state index >= 15 is 0 Å². The second kappa shape index (κ2) is 1.50. The monoisotopic (exact) mass is 143 g/mol. The molecule has 5 heteroatoms. The van der Waals surface area contributed by atoms with Crippen molar-refractivity contribution in [3.8, 4) is 0 Å². The highest BCUT2D eigenvalue weighted by Gasteiger charge is 1.91. The van der Waals surface area contributed by atoms with E-state index in [4.69, 9.17) is 0 Å². The number of fused-ring (bicyclic) bond motifs is 1. The summed E-state index contributed by atoms with van der Waals surface area (Å²) in [6.07, 6.45) is 1.91. The summed E-state index contributed by atoms with van der Waals surface area (Å²) in [6.45, 7) is 0. The van der Waals surface area contributed by atoms with Gasteiger partial charge in [-0.05, 0) is 0 Å². The van der Waals surface area contributed by atoms with E-state index in [2.05, 4.69) is 9.61 Å². The van der Waals surface area contributed by atoms with Gasteiger partial charge in [0.1, 0.15) is 0 Å². The number of thiazole rings is 1. The topological polar surface area (TPSA) is 30.2 Å². The van der Waals surface area contributed by atoms with Crippen LogP contribution < -0.4 is 0 Å². The number of hydrogen-bond acceptors (Lipinski definition) is 3. The Morgan fingerprint density at radius 1 is 1.75 bits per heavy atom. The molecule has 0 unspecified atom stereocenters. The molecule has 2 rings (SSSR count). The van der Waals surface area contributed by atoms with E-state index in [9.17, 15) is 0 Å². The van der Waals surface area contributed by atoms with E-state index in [1.54, 1.807) is 15.9 Å². The molecule has 0 atom stereocenters. The van der Waals surface area contributed by atoms with E-state index in [1.165, 1.54) is 0 Å². The summed E-state index contributed by atoms with van der Waals surface area (Å²) in [5.74, 6) is 0. The van der Waals surface area contributed by atoms with Crippen molar-refractivity contribution >= 4 is 24.8 Å². The Hall–Kier alpha value is -0.470. The molecule has 0 aromatic carbocycles. The lowest BCUT2D eigenvalue weighted by molar-refractivity contribution is 1.03. The maximum Gasteiger partial charge on any atom is 0.216 e. The number of aromatic nitrogens is 3. The first-order chi connectivity index (χ1) is 3.97. The van der Waals surface area contributed by atoms with Crippen molar-refractivity contribution in [2.24, 2.45) is 0 Å². The van der Waals surface area contributed by atoms with Crippen molar-refractivity contribution in [3.63, 3.8) is 0 Å². The molecule has 2 heterocycles. The zero-order valence-corrected chi connectivity index (χ0v) is 5.56. The van der Waals surface area contributed by atoms with Crippen molar-refractivity contribution in [1.29, 1.82) is 0 Å². The van der Waals surface area contributed by atoms with Crippen molar-refractivity contribution in [3.05, 3.63) is 11.6 Å². The van der Waals surface area contributed by atoms with Gasteiger partial charge >= 0.3 is 0 Å². The lowest BCUT2D eigenvalue weighted by Gasteiger charge is -1.68. The molecule has 0 aliphatic rings. The Kier molecular flexibility index (Phi) is 0.829. The molecule has 0 aliphatic heterocycles. The zero-order valence-electron chi connectivity index (χ0n) is 3.85. The highest BCUT2D eigenvalue weighted by Crippen LogP contribution is 2.08. The smallest absolute Gasteiger partial charge is 0.207 e. The minimum Gasteiger partial charge on any atom is -0.207 e. The van der Waals surface area contributed by atoms with Gasteiger partial charge in [0.15, 0.2) is 8.51 Å². The minimum absolute atomic E-state index is 0.814. The molecule has 3 nitrogen and oxygen atoms in total. The molecule has 0 fully saturated rings. The fourth-order valence-corrected chi connectivity index (χ4v) is 1.81. The average molecular weight is 143 g/mol. The number of nitrogens with zero attached hydrogens (tertiary/aromatic N) is 3.